The van der Waals surface area contributed by atoms with Crippen molar-refractivity contribution >= 4 is 23.0 Å². The van der Waals surface area contributed by atoms with E-state index in [9.17, 15) is 9.90 Å². The zero-order valence-electron chi connectivity index (χ0n) is 22.2. The highest BCUT2D eigenvalue weighted by molar-refractivity contribution is 7.10. The molecule has 0 spiro atoms. The molecule has 0 fully saturated rings. The van der Waals surface area contributed by atoms with E-state index < -0.39 is 5.97 Å². The van der Waals surface area contributed by atoms with Gasteiger partial charge in [0, 0.05) is 16.6 Å². The number of hydrogen-bond acceptors (Lipinski definition) is 5. The lowest BCUT2D eigenvalue weighted by atomic mass is 9.90. The molecular weight excluding hydrogens is 492 g/mol. The zero-order valence-corrected chi connectivity index (χ0v) is 23.0. The van der Waals surface area contributed by atoms with Crippen molar-refractivity contribution in [2.24, 2.45) is 0 Å². The Morgan fingerprint density at radius 3 is 2.26 bits per heavy atom. The molecule has 5 nitrogen and oxygen atoms in total. The highest BCUT2D eigenvalue weighted by atomic mass is 32.1. The highest BCUT2D eigenvalue weighted by Crippen LogP contribution is 2.28. The van der Waals surface area contributed by atoms with Gasteiger partial charge in [-0.2, -0.15) is 0 Å². The molecule has 0 aliphatic rings. The second-order valence-corrected chi connectivity index (χ2v) is 10.5. The Morgan fingerprint density at radius 1 is 0.947 bits per heavy atom. The van der Waals surface area contributed by atoms with Crippen LogP contribution < -0.4 is 9.64 Å². The van der Waals surface area contributed by atoms with Crippen LogP contribution in [0.15, 0.2) is 84.2 Å². The van der Waals surface area contributed by atoms with Crippen LogP contribution in [-0.4, -0.2) is 22.6 Å². The smallest absolute Gasteiger partial charge is 0.323 e. The fourth-order valence-electron chi connectivity index (χ4n) is 4.67. The van der Waals surface area contributed by atoms with Gasteiger partial charge in [0.05, 0.1) is 12.2 Å². The highest BCUT2D eigenvalue weighted by Gasteiger charge is 2.14. The van der Waals surface area contributed by atoms with Gasteiger partial charge >= 0.3 is 5.97 Å². The van der Waals surface area contributed by atoms with E-state index in [1.165, 1.54) is 31.2 Å². The fraction of sp³-hybridized carbons (Fsp3) is 0.312. The molecule has 0 radical (unpaired) electrons. The molecule has 0 amide bonds. The maximum atomic E-state index is 11.4. The van der Waals surface area contributed by atoms with Crippen LogP contribution in [0.2, 0.25) is 0 Å². The van der Waals surface area contributed by atoms with E-state index in [0.29, 0.717) is 19.1 Å². The molecule has 0 aliphatic heterocycles. The standard InChI is InChI=1S/C32H36N2O3S/c1-3-8-25(9-4-2)26-16-18-29(19-17-26)37-22-24-12-14-27(15-13-24)30-23-38-31(33-30)20-34(21-32(35)36)28-10-6-5-7-11-28/h5-7,10-19,23,25H,3-4,8-9,20-22H2,1-2H3,(H,35,36). The van der Waals surface area contributed by atoms with Crippen molar-refractivity contribution in [2.75, 3.05) is 11.4 Å². The summed E-state index contributed by atoms with van der Waals surface area (Å²) in [4.78, 5) is 18.0. The number of thiazole rings is 1. The summed E-state index contributed by atoms with van der Waals surface area (Å²) in [6.45, 7) is 5.38. The Hall–Kier alpha value is -3.64. The molecule has 1 heterocycles. The van der Waals surface area contributed by atoms with Crippen molar-refractivity contribution in [3.05, 3.63) is 100 Å². The van der Waals surface area contributed by atoms with Gasteiger partial charge in [0.1, 0.15) is 23.9 Å². The average Bonchev–Trinajstić information content (AvgIpc) is 3.41. The first-order valence-electron chi connectivity index (χ1n) is 13.3. The lowest BCUT2D eigenvalue weighted by molar-refractivity contribution is -0.135. The third-order valence-corrected chi connectivity index (χ3v) is 7.44. The number of hydrogen-bond donors (Lipinski definition) is 1. The number of rotatable bonds is 14. The summed E-state index contributed by atoms with van der Waals surface area (Å²) >= 11 is 1.54. The van der Waals surface area contributed by atoms with E-state index in [-0.39, 0.29) is 6.54 Å². The van der Waals surface area contributed by atoms with Crippen LogP contribution in [0.1, 0.15) is 61.6 Å². The predicted octanol–water partition coefficient (Wildman–Crippen LogP) is 8.16. The van der Waals surface area contributed by atoms with Gasteiger partial charge in [-0.05, 0) is 54.2 Å². The van der Waals surface area contributed by atoms with Crippen LogP contribution in [-0.2, 0) is 17.9 Å². The maximum Gasteiger partial charge on any atom is 0.323 e. The van der Waals surface area contributed by atoms with E-state index >= 15 is 0 Å². The number of carboxylic acids is 1. The van der Waals surface area contributed by atoms with Crippen molar-refractivity contribution in [1.29, 1.82) is 0 Å². The molecule has 0 unspecified atom stereocenters. The van der Waals surface area contributed by atoms with Crippen molar-refractivity contribution in [1.82, 2.24) is 4.98 Å². The van der Waals surface area contributed by atoms with Crippen molar-refractivity contribution < 1.29 is 14.6 Å². The number of nitrogens with zero attached hydrogens (tertiary/aromatic N) is 2. The molecule has 0 bridgehead atoms. The first-order chi connectivity index (χ1) is 18.6. The normalized spacial score (nSPS) is 11.0. The molecule has 0 saturated carbocycles. The SMILES string of the molecule is CCCC(CCC)c1ccc(OCc2ccc(-c3csc(CN(CC(=O)O)c4ccccc4)n3)cc2)cc1. The number of ether oxygens (including phenoxy) is 1. The third-order valence-electron chi connectivity index (χ3n) is 6.61. The number of carboxylic acid groups (broad SMARTS) is 1. The van der Waals surface area contributed by atoms with Gasteiger partial charge in [0.15, 0.2) is 0 Å². The zero-order chi connectivity index (χ0) is 26.7. The largest absolute Gasteiger partial charge is 0.489 e. The molecule has 38 heavy (non-hydrogen) atoms. The number of aromatic nitrogens is 1. The van der Waals surface area contributed by atoms with Crippen LogP contribution in [0, 0.1) is 0 Å². The Bertz CT molecular complexity index is 1260. The molecule has 6 heteroatoms. The van der Waals surface area contributed by atoms with Gasteiger partial charge in [-0.3, -0.25) is 4.79 Å². The van der Waals surface area contributed by atoms with Crippen LogP contribution >= 0.6 is 11.3 Å². The van der Waals surface area contributed by atoms with Gasteiger partial charge in [-0.15, -0.1) is 11.3 Å². The minimum atomic E-state index is -0.864. The number of anilines is 1. The van der Waals surface area contributed by atoms with Crippen molar-refractivity contribution in [3.63, 3.8) is 0 Å². The third kappa shape index (κ3) is 7.68. The Balaban J connectivity index is 1.35. The van der Waals surface area contributed by atoms with Crippen LogP contribution in [0.25, 0.3) is 11.3 Å². The molecule has 4 aromatic rings. The van der Waals surface area contributed by atoms with Crippen molar-refractivity contribution in [3.8, 4) is 17.0 Å². The van der Waals surface area contributed by atoms with Crippen LogP contribution in [0.5, 0.6) is 5.75 Å². The summed E-state index contributed by atoms with van der Waals surface area (Å²) in [7, 11) is 0. The lowest BCUT2D eigenvalue weighted by Crippen LogP contribution is -2.29. The second kappa shape index (κ2) is 13.8. The van der Waals surface area contributed by atoms with Gasteiger partial charge in [0.25, 0.3) is 0 Å². The van der Waals surface area contributed by atoms with E-state index in [2.05, 4.69) is 62.4 Å². The number of para-hydroxylation sites is 1. The summed E-state index contributed by atoms with van der Waals surface area (Å²) in [5, 5.41) is 12.3. The second-order valence-electron chi connectivity index (χ2n) is 9.54. The van der Waals surface area contributed by atoms with Gasteiger partial charge in [-0.25, -0.2) is 4.98 Å². The van der Waals surface area contributed by atoms with Gasteiger partial charge in [0.2, 0.25) is 0 Å². The summed E-state index contributed by atoms with van der Waals surface area (Å²) in [6, 6.07) is 26.4. The molecular formula is C32H36N2O3S. The molecule has 198 valence electrons. The summed E-state index contributed by atoms with van der Waals surface area (Å²) in [6.07, 6.45) is 4.87. The maximum absolute atomic E-state index is 11.4. The predicted molar refractivity (Wildman–Crippen MR) is 156 cm³/mol. The average molecular weight is 529 g/mol. The first kappa shape index (κ1) is 27.4. The molecule has 1 N–H and O–H groups in total. The Kier molecular flexibility index (Phi) is 9.93. The molecule has 1 aromatic heterocycles. The quantitative estimate of drug-likeness (QED) is 0.179. The summed E-state index contributed by atoms with van der Waals surface area (Å²) in [5.74, 6) is 0.658. The van der Waals surface area contributed by atoms with E-state index in [0.717, 1.165) is 33.3 Å². The summed E-state index contributed by atoms with van der Waals surface area (Å²) < 4.78 is 6.05. The number of benzene rings is 3. The summed E-state index contributed by atoms with van der Waals surface area (Å²) in [5.41, 5.74) is 5.29. The van der Waals surface area contributed by atoms with E-state index in [4.69, 9.17) is 9.72 Å². The van der Waals surface area contributed by atoms with Crippen molar-refractivity contribution in [2.45, 2.75) is 58.6 Å². The van der Waals surface area contributed by atoms with Gasteiger partial charge in [-0.1, -0.05) is 81.3 Å². The molecule has 4 rings (SSSR count). The molecule has 0 atom stereocenters. The van der Waals surface area contributed by atoms with Crippen LogP contribution in [0.3, 0.4) is 0 Å². The Labute approximate surface area is 229 Å². The molecule has 3 aromatic carbocycles. The number of aliphatic carboxylic acids is 1. The number of carbonyl (C=O) groups is 1. The monoisotopic (exact) mass is 528 g/mol. The van der Waals surface area contributed by atoms with Crippen LogP contribution in [0.4, 0.5) is 5.69 Å². The van der Waals surface area contributed by atoms with Gasteiger partial charge < -0.3 is 14.7 Å². The topological polar surface area (TPSA) is 62.7 Å². The lowest BCUT2D eigenvalue weighted by Gasteiger charge is -2.21. The minimum Gasteiger partial charge on any atom is -0.489 e. The van der Waals surface area contributed by atoms with E-state index in [1.807, 2.05) is 40.6 Å². The molecule has 0 saturated heterocycles. The first-order valence-corrected chi connectivity index (χ1v) is 14.2. The fourth-order valence-corrected chi connectivity index (χ4v) is 5.49. The molecule has 0 aliphatic carbocycles. The Morgan fingerprint density at radius 2 is 1.63 bits per heavy atom. The van der Waals surface area contributed by atoms with E-state index in [1.54, 1.807) is 11.3 Å². The minimum absolute atomic E-state index is 0.0750.